The molecule has 2 aromatic heterocycles. The first kappa shape index (κ1) is 17.1. The Bertz CT molecular complexity index is 828. The van der Waals surface area contributed by atoms with Crippen LogP contribution in [0.5, 0.6) is 0 Å². The number of aryl methyl sites for hydroxylation is 1. The predicted octanol–water partition coefficient (Wildman–Crippen LogP) is 0.692. The molecular weight excluding hydrogens is 334 g/mol. The first-order valence-electron chi connectivity index (χ1n) is 7.86. The number of hydrogen-bond acceptors (Lipinski definition) is 7. The lowest BCUT2D eigenvalue weighted by Gasteiger charge is -2.19. The largest absolute Gasteiger partial charge is 0.379 e. The Morgan fingerprint density at radius 3 is 2.79 bits per heavy atom. The van der Waals surface area contributed by atoms with E-state index < -0.39 is 15.6 Å². The van der Waals surface area contributed by atoms with Gasteiger partial charge in [-0.15, -0.1) is 0 Å². The summed E-state index contributed by atoms with van der Waals surface area (Å²) in [6, 6.07) is 0.0651. The first-order chi connectivity index (χ1) is 11.3. The van der Waals surface area contributed by atoms with Crippen molar-refractivity contribution in [3.05, 3.63) is 24.1 Å². The van der Waals surface area contributed by atoms with Crippen LogP contribution >= 0.6 is 0 Å². The van der Waals surface area contributed by atoms with E-state index in [0.29, 0.717) is 12.2 Å². The molecule has 3 rings (SSSR count). The molecule has 0 spiro atoms. The van der Waals surface area contributed by atoms with Gasteiger partial charge in [0, 0.05) is 31.6 Å². The molecule has 0 saturated carbocycles. The number of nitrogens with zero attached hydrogens (tertiary/aromatic N) is 5. The van der Waals surface area contributed by atoms with Gasteiger partial charge in [-0.3, -0.25) is 4.68 Å². The van der Waals surface area contributed by atoms with Gasteiger partial charge in [-0.1, -0.05) is 12.1 Å². The van der Waals surface area contributed by atoms with E-state index in [2.05, 4.69) is 15.2 Å². The summed E-state index contributed by atoms with van der Waals surface area (Å²) in [5.74, 6) is 0.549. The number of aromatic nitrogens is 4. The summed E-state index contributed by atoms with van der Waals surface area (Å²) >= 11 is 0. The molecule has 0 unspecified atom stereocenters. The molecule has 1 aliphatic rings. The van der Waals surface area contributed by atoms with Gasteiger partial charge in [0.05, 0.1) is 12.7 Å². The van der Waals surface area contributed by atoms with Gasteiger partial charge in [0.1, 0.15) is 4.90 Å². The van der Waals surface area contributed by atoms with E-state index in [-0.39, 0.29) is 36.3 Å². The van der Waals surface area contributed by atoms with Gasteiger partial charge in [-0.05, 0) is 13.8 Å². The standard InChI is InChI=1S/C14H21N5O4S/c1-4-12-16-13(23-17-12)14(20)5-6-18(9-14)24(21,22)11-7-15-19(8-11)10(2)3/h7-8,10,20H,4-6,9H2,1-3H3/t14-/m1/s1. The van der Waals surface area contributed by atoms with Crippen molar-refractivity contribution < 1.29 is 18.0 Å². The molecule has 1 N–H and O–H groups in total. The van der Waals surface area contributed by atoms with Crippen LogP contribution in [-0.4, -0.2) is 50.8 Å². The van der Waals surface area contributed by atoms with Gasteiger partial charge in [0.2, 0.25) is 10.0 Å². The second kappa shape index (κ2) is 5.94. The summed E-state index contributed by atoms with van der Waals surface area (Å²) in [6.45, 7) is 5.76. The lowest BCUT2D eigenvalue weighted by molar-refractivity contribution is 0.0194. The van der Waals surface area contributed by atoms with E-state index in [9.17, 15) is 13.5 Å². The van der Waals surface area contributed by atoms with Gasteiger partial charge in [0.15, 0.2) is 11.4 Å². The van der Waals surface area contributed by atoms with Crippen LogP contribution in [0.25, 0.3) is 0 Å². The second-order valence-corrected chi connectivity index (χ2v) is 8.18. The zero-order valence-corrected chi connectivity index (χ0v) is 14.7. The fourth-order valence-corrected chi connectivity index (χ4v) is 4.05. The van der Waals surface area contributed by atoms with Gasteiger partial charge in [0.25, 0.3) is 5.89 Å². The summed E-state index contributed by atoms with van der Waals surface area (Å²) in [5.41, 5.74) is -1.46. The Kier molecular flexibility index (Phi) is 4.22. The summed E-state index contributed by atoms with van der Waals surface area (Å²) in [6.07, 6.45) is 3.61. The van der Waals surface area contributed by atoms with Crippen molar-refractivity contribution in [1.82, 2.24) is 24.2 Å². The molecule has 132 valence electrons. The van der Waals surface area contributed by atoms with E-state index in [1.165, 1.54) is 16.7 Å². The van der Waals surface area contributed by atoms with Crippen molar-refractivity contribution in [3.8, 4) is 0 Å². The molecule has 2 aromatic rings. The van der Waals surface area contributed by atoms with Crippen LogP contribution in [0.2, 0.25) is 0 Å². The van der Waals surface area contributed by atoms with Crippen LogP contribution < -0.4 is 0 Å². The van der Waals surface area contributed by atoms with Crippen LogP contribution in [0.3, 0.4) is 0 Å². The Morgan fingerprint density at radius 1 is 1.46 bits per heavy atom. The van der Waals surface area contributed by atoms with Crippen molar-refractivity contribution in [2.24, 2.45) is 0 Å². The third-order valence-corrected chi connectivity index (χ3v) is 5.94. The maximum atomic E-state index is 12.7. The molecule has 3 heterocycles. The molecule has 1 aliphatic heterocycles. The highest BCUT2D eigenvalue weighted by atomic mass is 32.2. The molecule has 0 radical (unpaired) electrons. The molecule has 0 bridgehead atoms. The summed E-state index contributed by atoms with van der Waals surface area (Å²) in [5, 5.41) is 18.6. The van der Waals surface area contributed by atoms with E-state index in [0.717, 1.165) is 0 Å². The topological polar surface area (TPSA) is 114 Å². The molecule has 10 heteroatoms. The van der Waals surface area contributed by atoms with Crippen LogP contribution in [0.1, 0.15) is 44.9 Å². The van der Waals surface area contributed by atoms with Gasteiger partial charge < -0.3 is 9.63 Å². The summed E-state index contributed by atoms with van der Waals surface area (Å²) < 4.78 is 33.4. The van der Waals surface area contributed by atoms with Gasteiger partial charge in [-0.25, -0.2) is 8.42 Å². The predicted molar refractivity (Wildman–Crippen MR) is 83.6 cm³/mol. The van der Waals surface area contributed by atoms with Crippen LogP contribution in [0.15, 0.2) is 21.8 Å². The normalized spacial score (nSPS) is 22.5. The number of aliphatic hydroxyl groups is 1. The quantitative estimate of drug-likeness (QED) is 0.839. The van der Waals surface area contributed by atoms with Crippen LogP contribution in [0, 0.1) is 0 Å². The zero-order valence-electron chi connectivity index (χ0n) is 13.9. The van der Waals surface area contributed by atoms with Crippen LogP contribution in [0.4, 0.5) is 0 Å². The average molecular weight is 355 g/mol. The van der Waals surface area contributed by atoms with Gasteiger partial charge >= 0.3 is 0 Å². The molecule has 1 atom stereocenters. The number of sulfonamides is 1. The molecular formula is C14H21N5O4S. The highest BCUT2D eigenvalue weighted by Crippen LogP contribution is 2.34. The minimum atomic E-state index is -3.73. The Labute approximate surface area is 140 Å². The fourth-order valence-electron chi connectivity index (χ4n) is 2.61. The van der Waals surface area contributed by atoms with Crippen LogP contribution in [-0.2, 0) is 22.0 Å². The molecule has 0 amide bonds. The third kappa shape index (κ3) is 2.85. The van der Waals surface area contributed by atoms with E-state index in [1.54, 1.807) is 4.68 Å². The highest BCUT2D eigenvalue weighted by Gasteiger charge is 2.47. The maximum Gasteiger partial charge on any atom is 0.260 e. The lowest BCUT2D eigenvalue weighted by atomic mass is 10.0. The number of rotatable bonds is 5. The number of hydrogen-bond donors (Lipinski definition) is 1. The first-order valence-corrected chi connectivity index (χ1v) is 9.30. The van der Waals surface area contributed by atoms with E-state index in [1.807, 2.05) is 20.8 Å². The van der Waals surface area contributed by atoms with Crippen molar-refractivity contribution in [3.63, 3.8) is 0 Å². The van der Waals surface area contributed by atoms with Crippen molar-refractivity contribution >= 4 is 10.0 Å². The second-order valence-electron chi connectivity index (χ2n) is 6.24. The molecule has 0 aromatic carbocycles. The van der Waals surface area contributed by atoms with Crippen molar-refractivity contribution in [2.45, 2.75) is 50.2 Å². The Hall–Kier alpha value is -1.78. The van der Waals surface area contributed by atoms with E-state index in [4.69, 9.17) is 4.52 Å². The molecule has 24 heavy (non-hydrogen) atoms. The minimum Gasteiger partial charge on any atom is -0.379 e. The fraction of sp³-hybridized carbons (Fsp3) is 0.643. The minimum absolute atomic E-state index is 0.0647. The molecule has 1 saturated heterocycles. The summed E-state index contributed by atoms with van der Waals surface area (Å²) in [7, 11) is -3.73. The zero-order chi connectivity index (χ0) is 17.5. The Balaban J connectivity index is 1.83. The van der Waals surface area contributed by atoms with E-state index >= 15 is 0 Å². The molecule has 1 fully saturated rings. The lowest BCUT2D eigenvalue weighted by Crippen LogP contribution is -2.34. The smallest absolute Gasteiger partial charge is 0.260 e. The van der Waals surface area contributed by atoms with Gasteiger partial charge in [-0.2, -0.15) is 14.4 Å². The average Bonchev–Trinajstić information content (AvgIpc) is 3.26. The van der Waals surface area contributed by atoms with Crippen molar-refractivity contribution in [1.29, 1.82) is 0 Å². The number of β-amino-alcohol motifs (C(OH)–C–C–N with tert-alkyl or cyclic N) is 1. The SMILES string of the molecule is CCc1noc([C@@]2(O)CCN(S(=O)(=O)c3cnn(C(C)C)c3)C2)n1. The molecule has 0 aliphatic carbocycles. The molecule has 9 nitrogen and oxygen atoms in total. The monoisotopic (exact) mass is 355 g/mol. The maximum absolute atomic E-state index is 12.7. The summed E-state index contributed by atoms with van der Waals surface area (Å²) in [4.78, 5) is 4.24. The van der Waals surface area contributed by atoms with Crippen molar-refractivity contribution in [2.75, 3.05) is 13.1 Å². The third-order valence-electron chi connectivity index (χ3n) is 4.14. The Morgan fingerprint density at radius 2 is 2.21 bits per heavy atom. The highest BCUT2D eigenvalue weighted by molar-refractivity contribution is 7.89.